The Kier molecular flexibility index (Phi) is 6.14. The first-order chi connectivity index (χ1) is 9.34. The maximum Gasteiger partial charge on any atom is 0.214 e. The van der Waals surface area contributed by atoms with Crippen LogP contribution in [0.3, 0.4) is 0 Å². The lowest BCUT2D eigenvalue weighted by atomic mass is 10.1. The van der Waals surface area contributed by atoms with E-state index < -0.39 is 10.0 Å². The third-order valence-electron chi connectivity index (χ3n) is 2.68. The van der Waals surface area contributed by atoms with Crippen LogP contribution in [0, 0.1) is 11.3 Å². The highest BCUT2D eigenvalue weighted by molar-refractivity contribution is 7.89. The molecule has 0 aliphatic carbocycles. The molecule has 6 heteroatoms. The molecular formula is C14H20N2O3S. The number of nitrogens with zero attached hydrogens (tertiary/aromatic N) is 1. The summed E-state index contributed by atoms with van der Waals surface area (Å²) in [5.74, 6) is -0.0759. The van der Waals surface area contributed by atoms with E-state index in [1.54, 1.807) is 31.2 Å². The van der Waals surface area contributed by atoms with Gasteiger partial charge < -0.3 is 4.74 Å². The molecule has 1 rings (SSSR count). The minimum absolute atomic E-state index is 0.00920. The molecule has 0 saturated heterocycles. The van der Waals surface area contributed by atoms with Crippen LogP contribution in [-0.2, 0) is 14.8 Å². The van der Waals surface area contributed by atoms with Crippen molar-refractivity contribution in [2.75, 3.05) is 12.4 Å². The second-order valence-corrected chi connectivity index (χ2v) is 6.69. The number of benzene rings is 1. The Morgan fingerprint density at radius 3 is 2.65 bits per heavy atom. The number of nitrogens with one attached hydrogen (secondary N) is 1. The van der Waals surface area contributed by atoms with E-state index in [2.05, 4.69) is 4.72 Å². The van der Waals surface area contributed by atoms with E-state index in [9.17, 15) is 8.42 Å². The van der Waals surface area contributed by atoms with Crippen LogP contribution in [0.2, 0.25) is 0 Å². The Labute approximate surface area is 120 Å². The Bertz CT molecular complexity index is 576. The molecule has 110 valence electrons. The molecule has 1 unspecified atom stereocenters. The fraction of sp³-hybridized carbons (Fsp3) is 0.500. The first-order valence-corrected chi connectivity index (χ1v) is 8.11. The molecule has 1 atom stereocenters. The van der Waals surface area contributed by atoms with Crippen molar-refractivity contribution in [1.29, 1.82) is 5.26 Å². The molecule has 20 heavy (non-hydrogen) atoms. The largest absolute Gasteiger partial charge is 0.378 e. The summed E-state index contributed by atoms with van der Waals surface area (Å²) in [6.45, 7) is 5.63. The summed E-state index contributed by atoms with van der Waals surface area (Å²) in [6, 6.07) is 8.54. The number of nitriles is 1. The lowest BCUT2D eigenvalue weighted by Gasteiger charge is -2.15. The molecule has 0 aliphatic rings. The van der Waals surface area contributed by atoms with Gasteiger partial charge in [0, 0.05) is 6.04 Å². The first kappa shape index (κ1) is 16.6. The molecule has 0 bridgehead atoms. The second-order valence-electron chi connectivity index (χ2n) is 4.82. The molecule has 0 radical (unpaired) electrons. The van der Waals surface area contributed by atoms with Crippen molar-refractivity contribution in [1.82, 2.24) is 4.72 Å². The van der Waals surface area contributed by atoms with E-state index in [1.165, 1.54) is 0 Å². The zero-order chi connectivity index (χ0) is 15.2. The Morgan fingerprint density at radius 2 is 2.05 bits per heavy atom. The molecule has 5 nitrogen and oxygen atoms in total. The molecule has 0 saturated carbocycles. The van der Waals surface area contributed by atoms with Crippen molar-refractivity contribution in [2.45, 2.75) is 32.9 Å². The molecule has 0 heterocycles. The first-order valence-electron chi connectivity index (χ1n) is 6.45. The highest BCUT2D eigenvalue weighted by atomic mass is 32.2. The smallest absolute Gasteiger partial charge is 0.214 e. The van der Waals surface area contributed by atoms with Gasteiger partial charge >= 0.3 is 0 Å². The van der Waals surface area contributed by atoms with Crippen LogP contribution in [-0.4, -0.2) is 26.9 Å². The highest BCUT2D eigenvalue weighted by Crippen LogP contribution is 2.14. The summed E-state index contributed by atoms with van der Waals surface area (Å²) in [4.78, 5) is 0. The lowest BCUT2D eigenvalue weighted by Crippen LogP contribution is -2.31. The minimum Gasteiger partial charge on any atom is -0.378 e. The van der Waals surface area contributed by atoms with Crippen molar-refractivity contribution >= 4 is 10.0 Å². The zero-order valence-corrected chi connectivity index (χ0v) is 12.8. The summed E-state index contributed by atoms with van der Waals surface area (Å²) < 4.78 is 31.6. The van der Waals surface area contributed by atoms with Gasteiger partial charge in [-0.3, -0.25) is 0 Å². The average molecular weight is 296 g/mol. The molecule has 0 aliphatic heterocycles. The van der Waals surface area contributed by atoms with Gasteiger partial charge in [0.1, 0.15) is 0 Å². The molecule has 0 amide bonds. The normalized spacial score (nSPS) is 13.2. The average Bonchev–Trinajstić information content (AvgIpc) is 2.37. The maximum absolute atomic E-state index is 11.9. The maximum atomic E-state index is 11.9. The summed E-state index contributed by atoms with van der Waals surface area (Å²) in [6.07, 6.45) is 0.00920. The Hall–Kier alpha value is -1.42. The molecule has 1 aromatic rings. The summed E-state index contributed by atoms with van der Waals surface area (Å²) in [5.41, 5.74) is 1.27. The van der Waals surface area contributed by atoms with Gasteiger partial charge in [-0.15, -0.1) is 0 Å². The van der Waals surface area contributed by atoms with Crippen molar-refractivity contribution < 1.29 is 13.2 Å². The quantitative estimate of drug-likeness (QED) is 0.834. The minimum atomic E-state index is -3.40. The van der Waals surface area contributed by atoms with Crippen LogP contribution in [0.15, 0.2) is 24.3 Å². The summed E-state index contributed by atoms with van der Waals surface area (Å²) >= 11 is 0. The van der Waals surface area contributed by atoms with Gasteiger partial charge in [-0.1, -0.05) is 12.1 Å². The van der Waals surface area contributed by atoms with Crippen LogP contribution in [0.5, 0.6) is 0 Å². The van der Waals surface area contributed by atoms with Crippen molar-refractivity contribution in [3.05, 3.63) is 35.4 Å². The van der Waals surface area contributed by atoms with Gasteiger partial charge in [-0.2, -0.15) is 5.26 Å². The zero-order valence-electron chi connectivity index (χ0n) is 12.0. The number of rotatable bonds is 7. The van der Waals surface area contributed by atoms with E-state index in [0.29, 0.717) is 5.56 Å². The van der Waals surface area contributed by atoms with Gasteiger partial charge in [0.2, 0.25) is 10.0 Å². The van der Waals surface area contributed by atoms with Crippen LogP contribution >= 0.6 is 0 Å². The van der Waals surface area contributed by atoms with Crippen LogP contribution < -0.4 is 4.72 Å². The molecule has 1 aromatic carbocycles. The summed E-state index contributed by atoms with van der Waals surface area (Å²) in [5, 5.41) is 8.84. The monoisotopic (exact) mass is 296 g/mol. The lowest BCUT2D eigenvalue weighted by molar-refractivity contribution is 0.0911. The second kappa shape index (κ2) is 7.39. The summed E-state index contributed by atoms with van der Waals surface area (Å²) in [7, 11) is -3.40. The van der Waals surface area contributed by atoms with Crippen molar-refractivity contribution in [3.8, 4) is 6.07 Å². The van der Waals surface area contributed by atoms with Crippen molar-refractivity contribution in [2.24, 2.45) is 0 Å². The molecule has 0 aromatic heterocycles. The predicted octanol–water partition coefficient (Wildman–Crippen LogP) is 1.96. The van der Waals surface area contributed by atoms with E-state index in [1.807, 2.05) is 19.9 Å². The van der Waals surface area contributed by atoms with Gasteiger partial charge in [0.05, 0.1) is 30.1 Å². The van der Waals surface area contributed by atoms with E-state index in [0.717, 1.165) is 5.56 Å². The number of sulfonamides is 1. The molecular weight excluding hydrogens is 276 g/mol. The molecule has 0 spiro atoms. The third-order valence-corrected chi connectivity index (χ3v) is 4.09. The number of hydrogen-bond acceptors (Lipinski definition) is 4. The van der Waals surface area contributed by atoms with Gasteiger partial charge in [-0.25, -0.2) is 13.1 Å². The predicted molar refractivity (Wildman–Crippen MR) is 77.6 cm³/mol. The van der Waals surface area contributed by atoms with E-state index >= 15 is 0 Å². The van der Waals surface area contributed by atoms with Crippen LogP contribution in [0.1, 0.15) is 37.9 Å². The number of ether oxygens (including phenoxy) is 1. The van der Waals surface area contributed by atoms with Crippen LogP contribution in [0.25, 0.3) is 0 Å². The van der Waals surface area contributed by atoms with E-state index in [-0.39, 0.29) is 24.5 Å². The molecule has 0 fully saturated rings. The van der Waals surface area contributed by atoms with Crippen molar-refractivity contribution in [3.63, 3.8) is 0 Å². The SMILES string of the molecule is CC(C)OCCS(=O)(=O)NC(C)c1cccc(C#N)c1. The fourth-order valence-electron chi connectivity index (χ4n) is 1.67. The third kappa shape index (κ3) is 5.70. The highest BCUT2D eigenvalue weighted by Gasteiger charge is 2.16. The topological polar surface area (TPSA) is 79.2 Å². The number of hydrogen-bond donors (Lipinski definition) is 1. The van der Waals surface area contributed by atoms with Gasteiger partial charge in [-0.05, 0) is 38.5 Å². The standard InChI is InChI=1S/C14H20N2O3S/c1-11(2)19-7-8-20(17,18)16-12(3)14-6-4-5-13(9-14)10-15/h4-6,9,11-12,16H,7-8H2,1-3H3. The Morgan fingerprint density at radius 1 is 1.35 bits per heavy atom. The van der Waals surface area contributed by atoms with Crippen LogP contribution in [0.4, 0.5) is 0 Å². The van der Waals surface area contributed by atoms with E-state index in [4.69, 9.17) is 10.00 Å². The van der Waals surface area contributed by atoms with Gasteiger partial charge in [0.25, 0.3) is 0 Å². The molecule has 1 N–H and O–H groups in total. The Balaban J connectivity index is 2.64. The van der Waals surface area contributed by atoms with Gasteiger partial charge in [0.15, 0.2) is 0 Å². The fourth-order valence-corrected chi connectivity index (χ4v) is 2.78.